The molecule has 0 bridgehead atoms. The molecule has 0 saturated carbocycles. The lowest BCUT2D eigenvalue weighted by Gasteiger charge is -2.18. The van der Waals surface area contributed by atoms with Crippen molar-refractivity contribution in [3.05, 3.63) is 23.8 Å². The van der Waals surface area contributed by atoms with Crippen molar-refractivity contribution in [1.29, 1.82) is 0 Å². The average Bonchev–Trinajstić information content (AvgIpc) is 2.27. The van der Waals surface area contributed by atoms with Crippen LogP contribution in [0.15, 0.2) is 18.2 Å². The zero-order chi connectivity index (χ0) is 12.9. The summed E-state index contributed by atoms with van der Waals surface area (Å²) in [6.07, 6.45) is 0. The van der Waals surface area contributed by atoms with Crippen LogP contribution in [0.5, 0.6) is 11.5 Å². The lowest BCUT2D eigenvalue weighted by atomic mass is 10.1. The van der Waals surface area contributed by atoms with E-state index in [9.17, 15) is 5.11 Å². The molecule has 1 aromatic rings. The minimum absolute atomic E-state index is 0.543. The van der Waals surface area contributed by atoms with Gasteiger partial charge in [-0.2, -0.15) is 0 Å². The number of hydrogen-bond donors (Lipinski definition) is 2. The van der Waals surface area contributed by atoms with Gasteiger partial charge in [0.25, 0.3) is 0 Å². The van der Waals surface area contributed by atoms with E-state index in [1.54, 1.807) is 28.1 Å². The highest BCUT2D eigenvalue weighted by Gasteiger charge is 2.11. The van der Waals surface area contributed by atoms with Crippen molar-refractivity contribution in [2.24, 2.45) is 0 Å². The van der Waals surface area contributed by atoms with Gasteiger partial charge in [-0.05, 0) is 31.5 Å². The van der Waals surface area contributed by atoms with Crippen molar-refractivity contribution in [3.63, 3.8) is 0 Å². The number of aliphatic hydroxyl groups is 1. The number of hydrogen-bond acceptors (Lipinski definition) is 4. The first-order valence-electron chi connectivity index (χ1n) is 5.60. The molecule has 17 heavy (non-hydrogen) atoms. The summed E-state index contributed by atoms with van der Waals surface area (Å²) in [5, 5.41) is 12.8. The Morgan fingerprint density at radius 2 is 1.82 bits per heavy atom. The van der Waals surface area contributed by atoms with Gasteiger partial charge in [-0.1, -0.05) is 6.07 Å². The Morgan fingerprint density at radius 1 is 1.18 bits per heavy atom. The van der Waals surface area contributed by atoms with Crippen LogP contribution in [0.25, 0.3) is 0 Å². The average molecular weight is 239 g/mol. The fourth-order valence-electron chi connectivity index (χ4n) is 1.50. The maximum Gasteiger partial charge on any atom is 0.161 e. The zero-order valence-electron chi connectivity index (χ0n) is 10.9. The van der Waals surface area contributed by atoms with Crippen LogP contribution in [0, 0.1) is 0 Å². The molecule has 0 aliphatic rings. The standard InChI is InChI=1S/C13H21NO3/c1-13(2,15)9-14-8-10-5-6-11(16-3)12(7-10)17-4/h5-7,14-15H,8-9H2,1-4H3. The second-order valence-electron chi connectivity index (χ2n) is 4.61. The van der Waals surface area contributed by atoms with Crippen molar-refractivity contribution in [1.82, 2.24) is 5.32 Å². The maximum atomic E-state index is 9.57. The molecule has 0 aliphatic carbocycles. The quantitative estimate of drug-likeness (QED) is 0.791. The number of benzene rings is 1. The summed E-state index contributed by atoms with van der Waals surface area (Å²) in [6.45, 7) is 4.77. The molecule has 0 saturated heterocycles. The van der Waals surface area contributed by atoms with E-state index in [-0.39, 0.29) is 0 Å². The van der Waals surface area contributed by atoms with Crippen LogP contribution >= 0.6 is 0 Å². The summed E-state index contributed by atoms with van der Waals surface area (Å²) in [5.74, 6) is 1.44. The maximum absolute atomic E-state index is 9.57. The fourth-order valence-corrected chi connectivity index (χ4v) is 1.50. The molecule has 0 fully saturated rings. The molecule has 0 amide bonds. The summed E-state index contributed by atoms with van der Waals surface area (Å²) in [4.78, 5) is 0. The van der Waals surface area contributed by atoms with Gasteiger partial charge in [0.1, 0.15) is 0 Å². The Morgan fingerprint density at radius 3 is 2.35 bits per heavy atom. The second kappa shape index (κ2) is 5.89. The number of nitrogens with one attached hydrogen (secondary N) is 1. The first-order chi connectivity index (χ1) is 7.96. The minimum Gasteiger partial charge on any atom is -0.493 e. The van der Waals surface area contributed by atoms with Crippen molar-refractivity contribution in [2.75, 3.05) is 20.8 Å². The molecule has 0 spiro atoms. The van der Waals surface area contributed by atoms with Gasteiger partial charge in [-0.3, -0.25) is 0 Å². The molecule has 0 unspecified atom stereocenters. The van der Waals surface area contributed by atoms with Gasteiger partial charge in [0.2, 0.25) is 0 Å². The van der Waals surface area contributed by atoms with Crippen LogP contribution in [0.1, 0.15) is 19.4 Å². The van der Waals surface area contributed by atoms with Crippen LogP contribution in [0.2, 0.25) is 0 Å². The van der Waals surface area contributed by atoms with Crippen LogP contribution in [0.4, 0.5) is 0 Å². The largest absolute Gasteiger partial charge is 0.493 e. The van der Waals surface area contributed by atoms with Gasteiger partial charge >= 0.3 is 0 Å². The third-order valence-electron chi connectivity index (χ3n) is 2.33. The molecule has 1 aromatic carbocycles. The highest BCUT2D eigenvalue weighted by atomic mass is 16.5. The van der Waals surface area contributed by atoms with Gasteiger partial charge in [-0.15, -0.1) is 0 Å². The molecule has 0 aliphatic heterocycles. The van der Waals surface area contributed by atoms with E-state index in [0.717, 1.165) is 17.1 Å². The third-order valence-corrected chi connectivity index (χ3v) is 2.33. The van der Waals surface area contributed by atoms with Crippen LogP contribution < -0.4 is 14.8 Å². The van der Waals surface area contributed by atoms with Gasteiger partial charge in [-0.25, -0.2) is 0 Å². The topological polar surface area (TPSA) is 50.7 Å². The highest BCUT2D eigenvalue weighted by molar-refractivity contribution is 5.42. The molecule has 0 heterocycles. The van der Waals surface area contributed by atoms with Crippen LogP contribution in [0.3, 0.4) is 0 Å². The van der Waals surface area contributed by atoms with Gasteiger partial charge in [0.15, 0.2) is 11.5 Å². The van der Waals surface area contributed by atoms with Crippen LogP contribution in [-0.2, 0) is 6.54 Å². The smallest absolute Gasteiger partial charge is 0.161 e. The molecule has 0 atom stereocenters. The van der Waals surface area contributed by atoms with E-state index in [4.69, 9.17) is 9.47 Å². The summed E-state index contributed by atoms with van der Waals surface area (Å²) >= 11 is 0. The Bertz CT molecular complexity index is 358. The van der Waals surface area contributed by atoms with E-state index in [0.29, 0.717) is 13.1 Å². The predicted molar refractivity (Wildman–Crippen MR) is 67.6 cm³/mol. The van der Waals surface area contributed by atoms with Crippen molar-refractivity contribution >= 4 is 0 Å². The molecule has 0 radical (unpaired) electrons. The zero-order valence-corrected chi connectivity index (χ0v) is 10.9. The predicted octanol–water partition coefficient (Wildman–Crippen LogP) is 1.56. The van der Waals surface area contributed by atoms with E-state index in [1.807, 2.05) is 18.2 Å². The van der Waals surface area contributed by atoms with Gasteiger partial charge in [0, 0.05) is 13.1 Å². The molecule has 2 N–H and O–H groups in total. The molecule has 1 rings (SSSR count). The summed E-state index contributed by atoms with van der Waals surface area (Å²) < 4.78 is 10.4. The summed E-state index contributed by atoms with van der Waals surface area (Å²) in [7, 11) is 3.23. The van der Waals surface area contributed by atoms with E-state index >= 15 is 0 Å². The van der Waals surface area contributed by atoms with Crippen molar-refractivity contribution in [3.8, 4) is 11.5 Å². The van der Waals surface area contributed by atoms with E-state index < -0.39 is 5.60 Å². The molecular formula is C13H21NO3. The van der Waals surface area contributed by atoms with Gasteiger partial charge < -0.3 is 19.9 Å². The Balaban J connectivity index is 2.60. The molecule has 4 nitrogen and oxygen atoms in total. The molecule has 4 heteroatoms. The fraction of sp³-hybridized carbons (Fsp3) is 0.538. The van der Waals surface area contributed by atoms with Crippen molar-refractivity contribution < 1.29 is 14.6 Å². The van der Waals surface area contributed by atoms with E-state index in [2.05, 4.69) is 5.32 Å². The normalized spacial score (nSPS) is 11.4. The second-order valence-corrected chi connectivity index (χ2v) is 4.61. The third kappa shape index (κ3) is 4.63. The Kier molecular flexibility index (Phi) is 4.78. The molecule has 96 valence electrons. The first kappa shape index (κ1) is 13.8. The van der Waals surface area contributed by atoms with Crippen molar-refractivity contribution in [2.45, 2.75) is 26.0 Å². The Labute approximate surface area is 103 Å². The number of methoxy groups -OCH3 is 2. The lowest BCUT2D eigenvalue weighted by Crippen LogP contribution is -2.34. The SMILES string of the molecule is COc1ccc(CNCC(C)(C)O)cc1OC. The Hall–Kier alpha value is -1.26. The highest BCUT2D eigenvalue weighted by Crippen LogP contribution is 2.27. The lowest BCUT2D eigenvalue weighted by molar-refractivity contribution is 0.0795. The van der Waals surface area contributed by atoms with E-state index in [1.165, 1.54) is 0 Å². The summed E-state index contributed by atoms with van der Waals surface area (Å²) in [6, 6.07) is 5.77. The minimum atomic E-state index is -0.698. The monoisotopic (exact) mass is 239 g/mol. The number of ether oxygens (including phenoxy) is 2. The first-order valence-corrected chi connectivity index (χ1v) is 5.60. The molecular weight excluding hydrogens is 218 g/mol. The number of rotatable bonds is 6. The molecule has 0 aromatic heterocycles. The van der Waals surface area contributed by atoms with Crippen LogP contribution in [-0.4, -0.2) is 31.5 Å². The summed E-state index contributed by atoms with van der Waals surface area (Å²) in [5.41, 5.74) is 0.392. The van der Waals surface area contributed by atoms with Gasteiger partial charge in [0.05, 0.1) is 19.8 Å².